The highest BCUT2D eigenvalue weighted by atomic mass is 16.2. The molecule has 25 heavy (non-hydrogen) atoms. The second-order valence-electron chi connectivity index (χ2n) is 7.61. The van der Waals surface area contributed by atoms with Gasteiger partial charge in [0.25, 0.3) is 0 Å². The van der Waals surface area contributed by atoms with E-state index in [1.807, 2.05) is 0 Å². The lowest BCUT2D eigenvalue weighted by atomic mass is 9.67. The third-order valence-corrected chi connectivity index (χ3v) is 5.85. The molecule has 1 amide bonds. The Morgan fingerprint density at radius 1 is 1.24 bits per heavy atom. The van der Waals surface area contributed by atoms with Crippen LogP contribution in [0.5, 0.6) is 0 Å². The van der Waals surface area contributed by atoms with Crippen molar-refractivity contribution in [1.29, 1.82) is 0 Å². The average Bonchev–Trinajstić information content (AvgIpc) is 2.58. The SMILES string of the molecule is CCN(CCNC(=O)C1C[C@H]2CCC[C@@H](C1)C2=O)c1cccc(C)c1. The van der Waals surface area contributed by atoms with Crippen LogP contribution in [-0.4, -0.2) is 31.3 Å². The van der Waals surface area contributed by atoms with E-state index in [0.717, 1.165) is 45.2 Å². The van der Waals surface area contributed by atoms with E-state index in [4.69, 9.17) is 0 Å². The third kappa shape index (κ3) is 4.23. The molecule has 0 saturated heterocycles. The molecule has 1 aromatic rings. The van der Waals surface area contributed by atoms with Gasteiger partial charge in [-0.3, -0.25) is 9.59 Å². The van der Waals surface area contributed by atoms with Gasteiger partial charge in [-0.25, -0.2) is 0 Å². The van der Waals surface area contributed by atoms with Gasteiger partial charge in [-0.05, 0) is 57.2 Å². The first-order chi connectivity index (χ1) is 12.1. The highest BCUT2D eigenvalue weighted by Gasteiger charge is 2.41. The Bertz CT molecular complexity index is 612. The van der Waals surface area contributed by atoms with E-state index in [1.54, 1.807) is 0 Å². The fourth-order valence-electron chi connectivity index (χ4n) is 4.45. The summed E-state index contributed by atoms with van der Waals surface area (Å²) < 4.78 is 0. The van der Waals surface area contributed by atoms with E-state index in [1.165, 1.54) is 11.3 Å². The summed E-state index contributed by atoms with van der Waals surface area (Å²) in [4.78, 5) is 27.0. The molecule has 3 atom stereocenters. The maximum absolute atomic E-state index is 12.6. The molecule has 136 valence electrons. The van der Waals surface area contributed by atoms with Gasteiger partial charge in [0.1, 0.15) is 5.78 Å². The molecule has 3 rings (SSSR count). The number of likely N-dealkylation sites (N-methyl/N-ethyl adjacent to an activating group) is 1. The first kappa shape index (κ1) is 18.0. The number of amides is 1. The van der Waals surface area contributed by atoms with Crippen molar-refractivity contribution in [3.05, 3.63) is 29.8 Å². The van der Waals surface area contributed by atoms with Crippen LogP contribution in [0.15, 0.2) is 24.3 Å². The number of carbonyl (C=O) groups excluding carboxylic acids is 2. The zero-order chi connectivity index (χ0) is 17.8. The Labute approximate surface area is 151 Å². The van der Waals surface area contributed by atoms with E-state index in [0.29, 0.717) is 12.3 Å². The highest BCUT2D eigenvalue weighted by Crippen LogP contribution is 2.40. The van der Waals surface area contributed by atoms with Crippen molar-refractivity contribution in [2.75, 3.05) is 24.5 Å². The minimum atomic E-state index is 0.0297. The third-order valence-electron chi connectivity index (χ3n) is 5.85. The minimum Gasteiger partial charge on any atom is -0.370 e. The van der Waals surface area contributed by atoms with Crippen LogP contribution in [-0.2, 0) is 9.59 Å². The van der Waals surface area contributed by atoms with Crippen molar-refractivity contribution in [1.82, 2.24) is 5.32 Å². The molecule has 0 aliphatic heterocycles. The number of benzene rings is 1. The van der Waals surface area contributed by atoms with Crippen LogP contribution in [0.1, 0.15) is 44.6 Å². The molecular formula is C21H30N2O2. The molecule has 0 aromatic heterocycles. The van der Waals surface area contributed by atoms with Crippen LogP contribution in [0.3, 0.4) is 0 Å². The average molecular weight is 342 g/mol. The number of rotatable bonds is 6. The van der Waals surface area contributed by atoms with Crippen molar-refractivity contribution in [3.8, 4) is 0 Å². The second kappa shape index (κ2) is 8.03. The smallest absolute Gasteiger partial charge is 0.223 e. The molecule has 0 radical (unpaired) electrons. The van der Waals surface area contributed by atoms with Crippen molar-refractivity contribution in [2.45, 2.75) is 46.0 Å². The van der Waals surface area contributed by atoms with Gasteiger partial charge >= 0.3 is 0 Å². The summed E-state index contributed by atoms with van der Waals surface area (Å²) >= 11 is 0. The molecule has 4 heteroatoms. The Kier molecular flexibility index (Phi) is 5.77. The number of hydrogen-bond donors (Lipinski definition) is 1. The number of nitrogens with one attached hydrogen (secondary N) is 1. The summed E-state index contributed by atoms with van der Waals surface area (Å²) in [5.41, 5.74) is 2.45. The molecule has 1 N–H and O–H groups in total. The van der Waals surface area contributed by atoms with Crippen LogP contribution < -0.4 is 10.2 Å². The largest absolute Gasteiger partial charge is 0.370 e. The van der Waals surface area contributed by atoms with Crippen LogP contribution >= 0.6 is 0 Å². The molecule has 0 spiro atoms. The first-order valence-corrected chi connectivity index (χ1v) is 9.71. The monoisotopic (exact) mass is 342 g/mol. The van der Waals surface area contributed by atoms with E-state index < -0.39 is 0 Å². The van der Waals surface area contributed by atoms with Crippen molar-refractivity contribution >= 4 is 17.4 Å². The van der Waals surface area contributed by atoms with E-state index >= 15 is 0 Å². The maximum atomic E-state index is 12.6. The van der Waals surface area contributed by atoms with Crippen LogP contribution in [0.4, 0.5) is 5.69 Å². The molecule has 2 saturated carbocycles. The summed E-state index contributed by atoms with van der Waals surface area (Å²) in [7, 11) is 0. The van der Waals surface area contributed by atoms with Gasteiger partial charge in [-0.2, -0.15) is 0 Å². The quantitative estimate of drug-likeness (QED) is 0.863. The fraction of sp³-hybridized carbons (Fsp3) is 0.619. The van der Waals surface area contributed by atoms with Gasteiger partial charge in [-0.15, -0.1) is 0 Å². The standard InChI is InChI=1S/C21H30N2O2/c1-3-23(19-9-4-6-15(2)12-19)11-10-22-21(25)18-13-16-7-5-8-17(14-18)20(16)24/h4,6,9,12,16-18H,3,5,7-8,10-11,13-14H2,1-2H3,(H,22,25)/t16-,17+,18?. The Balaban J connectivity index is 1.49. The van der Waals surface area contributed by atoms with Gasteiger partial charge in [0.15, 0.2) is 0 Å². The van der Waals surface area contributed by atoms with Crippen LogP contribution in [0.25, 0.3) is 0 Å². The van der Waals surface area contributed by atoms with Gasteiger partial charge in [-0.1, -0.05) is 18.6 Å². The Morgan fingerprint density at radius 3 is 2.60 bits per heavy atom. The van der Waals surface area contributed by atoms with Gasteiger partial charge in [0.05, 0.1) is 0 Å². The fourth-order valence-corrected chi connectivity index (χ4v) is 4.45. The zero-order valence-electron chi connectivity index (χ0n) is 15.5. The lowest BCUT2D eigenvalue weighted by Crippen LogP contribution is -2.44. The van der Waals surface area contributed by atoms with Gasteiger partial charge in [0, 0.05) is 43.1 Å². The number of carbonyl (C=O) groups is 2. The minimum absolute atomic E-state index is 0.0297. The number of anilines is 1. The zero-order valence-corrected chi connectivity index (χ0v) is 15.5. The summed E-state index contributed by atoms with van der Waals surface area (Å²) in [6.45, 7) is 6.62. The second-order valence-corrected chi connectivity index (χ2v) is 7.61. The van der Waals surface area contributed by atoms with Gasteiger partial charge in [0.2, 0.25) is 5.91 Å². The molecule has 2 fully saturated rings. The summed E-state index contributed by atoms with van der Waals surface area (Å²) in [5.74, 6) is 0.879. The highest BCUT2D eigenvalue weighted by molar-refractivity contribution is 5.88. The van der Waals surface area contributed by atoms with E-state index in [2.05, 4.69) is 48.3 Å². The number of fused-ring (bicyclic) bond motifs is 2. The Morgan fingerprint density at radius 2 is 1.96 bits per heavy atom. The normalized spacial score (nSPS) is 25.5. The summed E-state index contributed by atoms with van der Waals surface area (Å²) in [5, 5.41) is 3.11. The predicted octanol–water partition coefficient (Wildman–Crippen LogP) is 3.33. The molecule has 1 aromatic carbocycles. The predicted molar refractivity (Wildman–Crippen MR) is 101 cm³/mol. The van der Waals surface area contributed by atoms with Crippen LogP contribution in [0.2, 0.25) is 0 Å². The number of ketones is 1. The van der Waals surface area contributed by atoms with Crippen molar-refractivity contribution < 1.29 is 9.59 Å². The molecular weight excluding hydrogens is 312 g/mol. The topological polar surface area (TPSA) is 49.4 Å². The number of aryl methyl sites for hydroxylation is 1. The summed E-state index contributed by atoms with van der Waals surface area (Å²) in [6, 6.07) is 8.47. The molecule has 4 nitrogen and oxygen atoms in total. The molecule has 2 aliphatic carbocycles. The summed E-state index contributed by atoms with van der Waals surface area (Å²) in [6.07, 6.45) is 4.64. The lowest BCUT2D eigenvalue weighted by Gasteiger charge is -2.37. The number of nitrogens with zero attached hydrogens (tertiary/aromatic N) is 1. The van der Waals surface area contributed by atoms with Gasteiger partial charge < -0.3 is 10.2 Å². The molecule has 1 unspecified atom stereocenters. The lowest BCUT2D eigenvalue weighted by molar-refractivity contribution is -0.137. The van der Waals surface area contributed by atoms with Crippen LogP contribution in [0, 0.1) is 24.7 Å². The maximum Gasteiger partial charge on any atom is 0.223 e. The van der Waals surface area contributed by atoms with Crippen molar-refractivity contribution in [3.63, 3.8) is 0 Å². The van der Waals surface area contributed by atoms with E-state index in [9.17, 15) is 9.59 Å². The molecule has 2 aliphatic rings. The van der Waals surface area contributed by atoms with E-state index in [-0.39, 0.29) is 23.7 Å². The molecule has 0 heterocycles. The number of Topliss-reactive ketones (excluding diaryl/α,β-unsaturated/α-hetero) is 1. The Hall–Kier alpha value is -1.84. The van der Waals surface area contributed by atoms with Crippen molar-refractivity contribution in [2.24, 2.45) is 17.8 Å². The molecule has 2 bridgehead atoms. The first-order valence-electron chi connectivity index (χ1n) is 9.71. The number of hydrogen-bond acceptors (Lipinski definition) is 3.